The van der Waals surface area contributed by atoms with Crippen molar-refractivity contribution in [2.45, 2.75) is 20.5 Å². The van der Waals surface area contributed by atoms with E-state index < -0.39 is 0 Å². The van der Waals surface area contributed by atoms with E-state index in [4.69, 9.17) is 5.11 Å². The highest BCUT2D eigenvalue weighted by atomic mass is 16.3. The van der Waals surface area contributed by atoms with Gasteiger partial charge in [-0.3, -0.25) is 4.79 Å². The number of likely N-dealkylation sites (N-methyl/N-ethyl adjacent to an activating group) is 2. The summed E-state index contributed by atoms with van der Waals surface area (Å²) in [5.41, 5.74) is 1.72. The number of pyridine rings is 1. The van der Waals surface area contributed by atoms with Gasteiger partial charge in [0.2, 0.25) is 5.91 Å². The third-order valence-corrected chi connectivity index (χ3v) is 2.41. The van der Waals surface area contributed by atoms with Crippen LogP contribution in [0.5, 0.6) is 0 Å². The molecule has 1 amide bonds. The largest absolute Gasteiger partial charge is 0.392 e. The average Bonchev–Trinajstić information content (AvgIpc) is 2.28. The number of hydrogen-bond donors (Lipinski definition) is 2. The van der Waals surface area contributed by atoms with Crippen LogP contribution in [0, 0.1) is 6.92 Å². The van der Waals surface area contributed by atoms with Crippen molar-refractivity contribution < 1.29 is 9.90 Å². The van der Waals surface area contributed by atoms with Gasteiger partial charge in [-0.25, -0.2) is 4.98 Å². The van der Waals surface area contributed by atoms with Gasteiger partial charge in [0.1, 0.15) is 5.82 Å². The minimum Gasteiger partial charge on any atom is -0.392 e. The van der Waals surface area contributed by atoms with E-state index in [2.05, 4.69) is 10.3 Å². The van der Waals surface area contributed by atoms with Gasteiger partial charge in [0.25, 0.3) is 0 Å². The molecule has 1 aromatic heterocycles. The number of nitrogens with one attached hydrogen (secondary N) is 1. The van der Waals surface area contributed by atoms with Crippen molar-refractivity contribution >= 4 is 11.7 Å². The van der Waals surface area contributed by atoms with Crippen molar-refractivity contribution in [2.24, 2.45) is 0 Å². The Bertz CT molecular complexity index is 393. The first-order chi connectivity index (χ1) is 8.08. The maximum absolute atomic E-state index is 11.4. The van der Waals surface area contributed by atoms with Gasteiger partial charge in [0, 0.05) is 19.8 Å². The van der Waals surface area contributed by atoms with E-state index in [0.717, 1.165) is 16.9 Å². The minimum atomic E-state index is -0.0255. The Labute approximate surface area is 101 Å². The zero-order chi connectivity index (χ0) is 12.8. The van der Waals surface area contributed by atoms with Crippen LogP contribution in [0.3, 0.4) is 0 Å². The highest BCUT2D eigenvalue weighted by molar-refractivity contribution is 5.81. The molecule has 2 N–H and O–H groups in total. The Morgan fingerprint density at radius 3 is 2.82 bits per heavy atom. The van der Waals surface area contributed by atoms with Gasteiger partial charge >= 0.3 is 0 Å². The number of aryl methyl sites for hydroxylation is 1. The second-order valence-electron chi connectivity index (χ2n) is 3.95. The molecule has 0 aliphatic rings. The molecule has 0 unspecified atom stereocenters. The molecule has 0 bridgehead atoms. The minimum absolute atomic E-state index is 0.0197. The summed E-state index contributed by atoms with van der Waals surface area (Å²) in [7, 11) is 1.82. The van der Waals surface area contributed by atoms with Gasteiger partial charge < -0.3 is 15.3 Å². The van der Waals surface area contributed by atoms with Crippen molar-refractivity contribution in [3.63, 3.8) is 0 Å². The molecule has 0 spiro atoms. The Morgan fingerprint density at radius 1 is 1.59 bits per heavy atom. The van der Waals surface area contributed by atoms with Crippen LogP contribution >= 0.6 is 0 Å². The van der Waals surface area contributed by atoms with Crippen molar-refractivity contribution in [1.29, 1.82) is 0 Å². The number of carbonyl (C=O) groups is 1. The standard InChI is InChI=1S/C12H19N3O2/c1-4-13-11(17)7-15(3)12-9(2)5-10(8-16)6-14-12/h5-6,16H,4,7-8H2,1-3H3,(H,13,17). The van der Waals surface area contributed by atoms with Crippen molar-refractivity contribution in [2.75, 3.05) is 25.0 Å². The Morgan fingerprint density at radius 2 is 2.29 bits per heavy atom. The molecule has 0 aliphatic heterocycles. The molecule has 17 heavy (non-hydrogen) atoms. The third kappa shape index (κ3) is 3.71. The van der Waals surface area contributed by atoms with E-state index in [1.54, 1.807) is 11.1 Å². The molecular weight excluding hydrogens is 218 g/mol. The SMILES string of the molecule is CCNC(=O)CN(C)c1ncc(CO)cc1C. The molecule has 0 aliphatic carbocycles. The summed E-state index contributed by atoms with van der Waals surface area (Å²) in [6.45, 7) is 4.68. The van der Waals surface area contributed by atoms with Crippen molar-refractivity contribution in [3.05, 3.63) is 23.4 Å². The molecule has 1 heterocycles. The number of carbonyl (C=O) groups excluding carboxylic acids is 1. The first-order valence-electron chi connectivity index (χ1n) is 5.62. The third-order valence-electron chi connectivity index (χ3n) is 2.41. The normalized spacial score (nSPS) is 10.1. The maximum Gasteiger partial charge on any atom is 0.239 e. The number of anilines is 1. The van der Waals surface area contributed by atoms with E-state index in [-0.39, 0.29) is 19.1 Å². The van der Waals surface area contributed by atoms with Gasteiger partial charge in [-0.1, -0.05) is 0 Å². The predicted molar refractivity (Wildman–Crippen MR) is 66.9 cm³/mol. The van der Waals surface area contributed by atoms with E-state index in [1.165, 1.54) is 0 Å². The number of hydrogen-bond acceptors (Lipinski definition) is 4. The predicted octanol–water partition coefficient (Wildman–Crippen LogP) is 0.455. The first-order valence-corrected chi connectivity index (χ1v) is 5.62. The van der Waals surface area contributed by atoms with Crippen LogP contribution in [0.2, 0.25) is 0 Å². The second kappa shape index (κ2) is 6.20. The Balaban J connectivity index is 2.75. The fourth-order valence-corrected chi connectivity index (χ4v) is 1.66. The molecule has 0 atom stereocenters. The molecular formula is C12H19N3O2. The van der Waals surface area contributed by atoms with Gasteiger partial charge in [-0.2, -0.15) is 0 Å². The van der Waals surface area contributed by atoms with Gasteiger partial charge in [0.05, 0.1) is 13.2 Å². The van der Waals surface area contributed by atoms with E-state index in [0.29, 0.717) is 6.54 Å². The lowest BCUT2D eigenvalue weighted by Crippen LogP contribution is -2.35. The molecule has 0 saturated carbocycles. The molecule has 0 saturated heterocycles. The van der Waals surface area contributed by atoms with Crippen molar-refractivity contribution in [3.8, 4) is 0 Å². The Kier molecular flexibility index (Phi) is 4.90. The molecule has 0 fully saturated rings. The Hall–Kier alpha value is -1.62. The molecule has 1 aromatic rings. The summed E-state index contributed by atoms with van der Waals surface area (Å²) >= 11 is 0. The number of rotatable bonds is 5. The summed E-state index contributed by atoms with van der Waals surface area (Å²) in [4.78, 5) is 17.5. The van der Waals surface area contributed by atoms with E-state index >= 15 is 0 Å². The van der Waals surface area contributed by atoms with E-state index in [1.807, 2.05) is 27.0 Å². The number of aromatic nitrogens is 1. The second-order valence-corrected chi connectivity index (χ2v) is 3.95. The maximum atomic E-state index is 11.4. The summed E-state index contributed by atoms with van der Waals surface area (Å²) in [6.07, 6.45) is 1.62. The quantitative estimate of drug-likeness (QED) is 0.780. The molecule has 5 nitrogen and oxygen atoms in total. The summed E-state index contributed by atoms with van der Waals surface area (Å²) in [5.74, 6) is 0.732. The zero-order valence-electron chi connectivity index (χ0n) is 10.5. The van der Waals surface area contributed by atoms with E-state index in [9.17, 15) is 4.79 Å². The fourth-order valence-electron chi connectivity index (χ4n) is 1.66. The van der Waals surface area contributed by atoms with Crippen LogP contribution in [0.15, 0.2) is 12.3 Å². The summed E-state index contributed by atoms with van der Waals surface area (Å²) < 4.78 is 0. The van der Waals surface area contributed by atoms with Gasteiger partial charge in [-0.05, 0) is 31.0 Å². The fraction of sp³-hybridized carbons (Fsp3) is 0.500. The average molecular weight is 237 g/mol. The summed E-state index contributed by atoms with van der Waals surface area (Å²) in [5, 5.41) is 11.7. The lowest BCUT2D eigenvalue weighted by molar-refractivity contribution is -0.119. The highest BCUT2D eigenvalue weighted by Gasteiger charge is 2.10. The number of amides is 1. The summed E-state index contributed by atoms with van der Waals surface area (Å²) in [6, 6.07) is 1.87. The first kappa shape index (κ1) is 13.4. The smallest absolute Gasteiger partial charge is 0.239 e. The topological polar surface area (TPSA) is 65.5 Å². The van der Waals surface area contributed by atoms with Gasteiger partial charge in [-0.15, -0.1) is 0 Å². The zero-order valence-corrected chi connectivity index (χ0v) is 10.5. The van der Waals surface area contributed by atoms with Crippen LogP contribution in [-0.2, 0) is 11.4 Å². The van der Waals surface area contributed by atoms with Gasteiger partial charge in [0.15, 0.2) is 0 Å². The van der Waals surface area contributed by atoms with Crippen LogP contribution in [0.25, 0.3) is 0 Å². The lowest BCUT2D eigenvalue weighted by Gasteiger charge is -2.19. The molecule has 0 aromatic carbocycles. The number of aliphatic hydroxyl groups excluding tert-OH is 1. The number of nitrogens with zero attached hydrogens (tertiary/aromatic N) is 2. The highest BCUT2D eigenvalue weighted by Crippen LogP contribution is 2.16. The molecule has 1 rings (SSSR count). The lowest BCUT2D eigenvalue weighted by atomic mass is 10.2. The monoisotopic (exact) mass is 237 g/mol. The van der Waals surface area contributed by atoms with Crippen LogP contribution < -0.4 is 10.2 Å². The van der Waals surface area contributed by atoms with Crippen molar-refractivity contribution in [1.82, 2.24) is 10.3 Å². The molecule has 0 radical (unpaired) electrons. The number of aliphatic hydroxyl groups is 1. The molecule has 94 valence electrons. The molecule has 5 heteroatoms. The van der Waals surface area contributed by atoms with Crippen LogP contribution in [0.1, 0.15) is 18.1 Å². The van der Waals surface area contributed by atoms with Crippen LogP contribution in [-0.4, -0.2) is 36.1 Å². The van der Waals surface area contributed by atoms with Crippen LogP contribution in [0.4, 0.5) is 5.82 Å².